The summed E-state index contributed by atoms with van der Waals surface area (Å²) in [6.07, 6.45) is 3.62. The predicted molar refractivity (Wildman–Crippen MR) is 75.2 cm³/mol. The SMILES string of the molecule is COc1cccc(CCNC2CCN(C)CC2)c1. The van der Waals surface area contributed by atoms with Crippen LogP contribution in [0.2, 0.25) is 0 Å². The summed E-state index contributed by atoms with van der Waals surface area (Å²) in [5.74, 6) is 0.951. The second-order valence-corrected chi connectivity index (χ2v) is 5.13. The van der Waals surface area contributed by atoms with Crippen molar-refractivity contribution in [1.29, 1.82) is 0 Å². The Balaban J connectivity index is 1.71. The first-order valence-corrected chi connectivity index (χ1v) is 6.83. The molecule has 18 heavy (non-hydrogen) atoms. The predicted octanol–water partition coefficient (Wildman–Crippen LogP) is 1.92. The highest BCUT2D eigenvalue weighted by atomic mass is 16.5. The van der Waals surface area contributed by atoms with Gasteiger partial charge in [0.05, 0.1) is 7.11 Å². The van der Waals surface area contributed by atoms with Crippen LogP contribution in [0.3, 0.4) is 0 Å². The lowest BCUT2D eigenvalue weighted by molar-refractivity contribution is 0.235. The summed E-state index contributed by atoms with van der Waals surface area (Å²) in [6, 6.07) is 9.04. The van der Waals surface area contributed by atoms with E-state index in [0.29, 0.717) is 6.04 Å². The maximum atomic E-state index is 5.24. The number of benzene rings is 1. The number of methoxy groups -OCH3 is 1. The highest BCUT2D eigenvalue weighted by Crippen LogP contribution is 2.13. The van der Waals surface area contributed by atoms with Crippen molar-refractivity contribution in [2.24, 2.45) is 0 Å². The molecule has 3 nitrogen and oxygen atoms in total. The number of ether oxygens (including phenoxy) is 1. The zero-order valence-electron chi connectivity index (χ0n) is 11.5. The summed E-state index contributed by atoms with van der Waals surface area (Å²) in [4.78, 5) is 2.40. The van der Waals surface area contributed by atoms with E-state index in [1.165, 1.54) is 31.5 Å². The molecule has 1 heterocycles. The first kappa shape index (κ1) is 13.4. The average Bonchev–Trinajstić information content (AvgIpc) is 2.41. The van der Waals surface area contributed by atoms with Crippen molar-refractivity contribution in [3.8, 4) is 5.75 Å². The summed E-state index contributed by atoms with van der Waals surface area (Å²) in [5.41, 5.74) is 1.34. The third kappa shape index (κ3) is 4.00. The lowest BCUT2D eigenvalue weighted by atomic mass is 10.1. The number of nitrogens with zero attached hydrogens (tertiary/aromatic N) is 1. The molecule has 0 aromatic heterocycles. The summed E-state index contributed by atoms with van der Waals surface area (Å²) in [5, 5.41) is 3.66. The molecule has 0 amide bonds. The first-order chi connectivity index (χ1) is 8.78. The van der Waals surface area contributed by atoms with Gasteiger partial charge in [-0.05, 0) is 63.6 Å². The zero-order valence-corrected chi connectivity index (χ0v) is 11.5. The molecular weight excluding hydrogens is 224 g/mol. The molecule has 1 aromatic carbocycles. The largest absolute Gasteiger partial charge is 0.497 e. The minimum absolute atomic E-state index is 0.701. The smallest absolute Gasteiger partial charge is 0.119 e. The second kappa shape index (κ2) is 6.76. The van der Waals surface area contributed by atoms with Crippen molar-refractivity contribution >= 4 is 0 Å². The third-order valence-corrected chi connectivity index (χ3v) is 3.70. The Morgan fingerprint density at radius 2 is 2.11 bits per heavy atom. The van der Waals surface area contributed by atoms with Crippen LogP contribution in [0.5, 0.6) is 5.75 Å². The molecule has 0 spiro atoms. The molecule has 100 valence electrons. The van der Waals surface area contributed by atoms with E-state index in [-0.39, 0.29) is 0 Å². The van der Waals surface area contributed by atoms with Crippen molar-refractivity contribution < 1.29 is 4.74 Å². The van der Waals surface area contributed by atoms with E-state index < -0.39 is 0 Å². The molecule has 0 atom stereocenters. The molecule has 1 saturated heterocycles. The van der Waals surface area contributed by atoms with Gasteiger partial charge in [0.25, 0.3) is 0 Å². The quantitative estimate of drug-likeness (QED) is 0.861. The van der Waals surface area contributed by atoms with Crippen LogP contribution in [0.1, 0.15) is 18.4 Å². The van der Waals surface area contributed by atoms with E-state index in [9.17, 15) is 0 Å². The van der Waals surface area contributed by atoms with Gasteiger partial charge in [-0.15, -0.1) is 0 Å². The average molecular weight is 248 g/mol. The highest BCUT2D eigenvalue weighted by molar-refractivity contribution is 5.28. The fraction of sp³-hybridized carbons (Fsp3) is 0.600. The van der Waals surface area contributed by atoms with Gasteiger partial charge in [-0.2, -0.15) is 0 Å². The van der Waals surface area contributed by atoms with E-state index >= 15 is 0 Å². The normalized spacial score (nSPS) is 17.9. The fourth-order valence-corrected chi connectivity index (χ4v) is 2.46. The molecule has 1 aromatic rings. The van der Waals surface area contributed by atoms with E-state index in [4.69, 9.17) is 4.74 Å². The molecule has 1 N–H and O–H groups in total. The molecule has 1 aliphatic heterocycles. The van der Waals surface area contributed by atoms with Crippen LogP contribution >= 0.6 is 0 Å². The van der Waals surface area contributed by atoms with Crippen LogP contribution in [0.15, 0.2) is 24.3 Å². The Hall–Kier alpha value is -1.06. The summed E-state index contributed by atoms with van der Waals surface area (Å²) in [7, 11) is 3.92. The topological polar surface area (TPSA) is 24.5 Å². The second-order valence-electron chi connectivity index (χ2n) is 5.13. The van der Waals surface area contributed by atoms with Crippen LogP contribution < -0.4 is 10.1 Å². The minimum Gasteiger partial charge on any atom is -0.497 e. The molecule has 2 rings (SSSR count). The number of nitrogens with one attached hydrogen (secondary N) is 1. The van der Waals surface area contributed by atoms with Crippen molar-refractivity contribution in [3.63, 3.8) is 0 Å². The molecule has 0 unspecified atom stereocenters. The van der Waals surface area contributed by atoms with Gasteiger partial charge in [-0.25, -0.2) is 0 Å². The van der Waals surface area contributed by atoms with Gasteiger partial charge in [0.15, 0.2) is 0 Å². The Morgan fingerprint density at radius 3 is 2.83 bits per heavy atom. The first-order valence-electron chi connectivity index (χ1n) is 6.83. The van der Waals surface area contributed by atoms with Gasteiger partial charge in [0.1, 0.15) is 5.75 Å². The van der Waals surface area contributed by atoms with E-state index in [1.807, 2.05) is 6.07 Å². The Morgan fingerprint density at radius 1 is 1.33 bits per heavy atom. The van der Waals surface area contributed by atoms with Crippen LogP contribution in [-0.2, 0) is 6.42 Å². The maximum absolute atomic E-state index is 5.24. The van der Waals surface area contributed by atoms with Crippen molar-refractivity contribution in [2.75, 3.05) is 33.8 Å². The Bertz CT molecular complexity index is 359. The van der Waals surface area contributed by atoms with Gasteiger partial charge >= 0.3 is 0 Å². The van der Waals surface area contributed by atoms with Crippen molar-refractivity contribution in [2.45, 2.75) is 25.3 Å². The monoisotopic (exact) mass is 248 g/mol. The Kier molecular flexibility index (Phi) is 5.02. The van der Waals surface area contributed by atoms with Crippen molar-refractivity contribution in [3.05, 3.63) is 29.8 Å². The van der Waals surface area contributed by atoms with Gasteiger partial charge in [-0.3, -0.25) is 0 Å². The summed E-state index contributed by atoms with van der Waals surface area (Å²) < 4.78 is 5.24. The number of piperidine rings is 1. The van der Waals surface area contributed by atoms with Crippen LogP contribution in [0.25, 0.3) is 0 Å². The molecule has 0 saturated carbocycles. The van der Waals surface area contributed by atoms with E-state index in [1.54, 1.807) is 7.11 Å². The van der Waals surface area contributed by atoms with E-state index in [0.717, 1.165) is 18.7 Å². The van der Waals surface area contributed by atoms with E-state index in [2.05, 4.69) is 35.5 Å². The van der Waals surface area contributed by atoms with Crippen LogP contribution in [0.4, 0.5) is 0 Å². The maximum Gasteiger partial charge on any atom is 0.119 e. The molecule has 1 fully saturated rings. The van der Waals surface area contributed by atoms with Gasteiger partial charge < -0.3 is 15.0 Å². The number of likely N-dealkylation sites (tertiary alicyclic amines) is 1. The van der Waals surface area contributed by atoms with Crippen molar-refractivity contribution in [1.82, 2.24) is 10.2 Å². The third-order valence-electron chi connectivity index (χ3n) is 3.70. The standard InChI is InChI=1S/C15H24N2O/c1-17-10-7-14(8-11-17)16-9-6-13-4-3-5-15(12-13)18-2/h3-5,12,14,16H,6-11H2,1-2H3. The van der Waals surface area contributed by atoms with Gasteiger partial charge in [0, 0.05) is 6.04 Å². The molecular formula is C15H24N2O. The fourth-order valence-electron chi connectivity index (χ4n) is 2.46. The molecule has 0 bridgehead atoms. The van der Waals surface area contributed by atoms with Crippen LogP contribution in [-0.4, -0.2) is 44.7 Å². The molecule has 0 aliphatic carbocycles. The number of hydrogen-bond acceptors (Lipinski definition) is 3. The van der Waals surface area contributed by atoms with Gasteiger partial charge in [0.2, 0.25) is 0 Å². The summed E-state index contributed by atoms with van der Waals surface area (Å²) in [6.45, 7) is 3.50. The van der Waals surface area contributed by atoms with Gasteiger partial charge in [-0.1, -0.05) is 12.1 Å². The number of rotatable bonds is 5. The minimum atomic E-state index is 0.701. The molecule has 0 radical (unpaired) electrons. The zero-order chi connectivity index (χ0) is 12.8. The summed E-state index contributed by atoms with van der Waals surface area (Å²) >= 11 is 0. The molecule has 3 heteroatoms. The number of hydrogen-bond donors (Lipinski definition) is 1. The highest BCUT2D eigenvalue weighted by Gasteiger charge is 2.15. The lowest BCUT2D eigenvalue weighted by Crippen LogP contribution is -2.41. The lowest BCUT2D eigenvalue weighted by Gasteiger charge is -2.29. The molecule has 1 aliphatic rings. The van der Waals surface area contributed by atoms with Crippen LogP contribution in [0, 0.1) is 0 Å². The Labute approximate surface area is 110 Å².